The molecule has 0 saturated heterocycles. The van der Waals surface area contributed by atoms with E-state index in [2.05, 4.69) is 39.6 Å². The van der Waals surface area contributed by atoms with Crippen molar-refractivity contribution in [2.45, 2.75) is 46.6 Å². The Hall–Kier alpha value is -0.610. The molecule has 1 aromatic rings. The zero-order chi connectivity index (χ0) is 13.0. The van der Waals surface area contributed by atoms with Crippen LogP contribution in [-0.4, -0.2) is 18.6 Å². The smallest absolute Gasteiger partial charge is 0.185 e. The number of anilines is 1. The van der Waals surface area contributed by atoms with Gasteiger partial charge < -0.3 is 10.6 Å². The molecule has 0 saturated carbocycles. The molecule has 0 radical (unpaired) electrons. The predicted octanol–water partition coefficient (Wildman–Crippen LogP) is 3.21. The standard InChI is InChI=1S/C13H25N3S/c1-6-10(4)12-11(7-14)17-13(15-12)16(5)8-9(2)3/h9-10H,6-8,14H2,1-5H3. The zero-order valence-corrected chi connectivity index (χ0v) is 12.5. The van der Waals surface area contributed by atoms with Gasteiger partial charge in [0.05, 0.1) is 5.69 Å². The second kappa shape index (κ2) is 6.36. The van der Waals surface area contributed by atoms with Crippen molar-refractivity contribution in [3.63, 3.8) is 0 Å². The van der Waals surface area contributed by atoms with Gasteiger partial charge in [0.15, 0.2) is 5.13 Å². The fraction of sp³-hybridized carbons (Fsp3) is 0.769. The van der Waals surface area contributed by atoms with Gasteiger partial charge in [0.1, 0.15) is 0 Å². The van der Waals surface area contributed by atoms with E-state index in [1.54, 1.807) is 11.3 Å². The summed E-state index contributed by atoms with van der Waals surface area (Å²) in [5, 5.41) is 1.11. The van der Waals surface area contributed by atoms with Crippen molar-refractivity contribution in [1.29, 1.82) is 0 Å². The van der Waals surface area contributed by atoms with Gasteiger partial charge >= 0.3 is 0 Å². The summed E-state index contributed by atoms with van der Waals surface area (Å²) in [6.07, 6.45) is 1.12. The summed E-state index contributed by atoms with van der Waals surface area (Å²) >= 11 is 1.74. The van der Waals surface area contributed by atoms with E-state index < -0.39 is 0 Å². The number of hydrogen-bond acceptors (Lipinski definition) is 4. The van der Waals surface area contributed by atoms with E-state index in [0.29, 0.717) is 18.4 Å². The van der Waals surface area contributed by atoms with E-state index in [4.69, 9.17) is 10.7 Å². The van der Waals surface area contributed by atoms with Crippen LogP contribution in [0.2, 0.25) is 0 Å². The van der Waals surface area contributed by atoms with Gasteiger partial charge in [-0.1, -0.05) is 27.7 Å². The third-order valence-electron chi connectivity index (χ3n) is 2.95. The third kappa shape index (κ3) is 3.68. The summed E-state index contributed by atoms with van der Waals surface area (Å²) in [5.74, 6) is 1.16. The van der Waals surface area contributed by atoms with Crippen LogP contribution in [0.3, 0.4) is 0 Å². The van der Waals surface area contributed by atoms with Gasteiger partial charge in [-0.2, -0.15) is 0 Å². The molecule has 0 aliphatic rings. The third-order valence-corrected chi connectivity index (χ3v) is 4.15. The molecule has 17 heavy (non-hydrogen) atoms. The predicted molar refractivity (Wildman–Crippen MR) is 76.8 cm³/mol. The molecule has 0 aliphatic heterocycles. The molecule has 0 fully saturated rings. The lowest BCUT2D eigenvalue weighted by Crippen LogP contribution is -2.22. The summed E-state index contributed by atoms with van der Waals surface area (Å²) in [5.41, 5.74) is 7.01. The van der Waals surface area contributed by atoms with Crippen molar-refractivity contribution in [2.24, 2.45) is 11.7 Å². The van der Waals surface area contributed by atoms with E-state index >= 15 is 0 Å². The SMILES string of the molecule is CCC(C)c1nc(N(C)CC(C)C)sc1CN. The lowest BCUT2D eigenvalue weighted by Gasteiger charge is -2.17. The van der Waals surface area contributed by atoms with Crippen LogP contribution in [0, 0.1) is 5.92 Å². The van der Waals surface area contributed by atoms with Crippen molar-refractivity contribution in [3.8, 4) is 0 Å². The first-order chi connectivity index (χ1) is 7.99. The summed E-state index contributed by atoms with van der Waals surface area (Å²) in [4.78, 5) is 8.25. The van der Waals surface area contributed by atoms with Crippen LogP contribution in [0.25, 0.3) is 0 Å². The minimum Gasteiger partial charge on any atom is -0.351 e. The van der Waals surface area contributed by atoms with E-state index in [-0.39, 0.29) is 0 Å². The maximum atomic E-state index is 5.81. The molecule has 0 bridgehead atoms. The topological polar surface area (TPSA) is 42.2 Å². The van der Waals surface area contributed by atoms with Gasteiger partial charge in [-0.05, 0) is 18.3 Å². The Kier molecular flexibility index (Phi) is 5.40. The highest BCUT2D eigenvalue weighted by Gasteiger charge is 2.17. The van der Waals surface area contributed by atoms with E-state index in [1.807, 2.05) is 0 Å². The molecule has 0 aromatic carbocycles. The van der Waals surface area contributed by atoms with Gasteiger partial charge in [0, 0.05) is 25.0 Å². The summed E-state index contributed by atoms with van der Waals surface area (Å²) < 4.78 is 0. The zero-order valence-electron chi connectivity index (χ0n) is 11.7. The molecule has 3 nitrogen and oxygen atoms in total. The fourth-order valence-corrected chi connectivity index (χ4v) is 2.89. The second-order valence-corrected chi connectivity index (χ2v) is 6.15. The first kappa shape index (κ1) is 14.5. The van der Waals surface area contributed by atoms with Gasteiger partial charge in [0.2, 0.25) is 0 Å². The monoisotopic (exact) mass is 255 g/mol. The molecule has 0 amide bonds. The number of rotatable bonds is 6. The number of hydrogen-bond donors (Lipinski definition) is 1. The molecular formula is C13H25N3S. The highest BCUT2D eigenvalue weighted by Crippen LogP contribution is 2.31. The summed E-state index contributed by atoms with van der Waals surface area (Å²) in [6, 6.07) is 0. The molecule has 0 aliphatic carbocycles. The minimum atomic E-state index is 0.506. The van der Waals surface area contributed by atoms with Gasteiger partial charge in [0.25, 0.3) is 0 Å². The lowest BCUT2D eigenvalue weighted by atomic mass is 10.0. The summed E-state index contributed by atoms with van der Waals surface area (Å²) in [6.45, 7) is 10.5. The van der Waals surface area contributed by atoms with Crippen molar-refractivity contribution < 1.29 is 0 Å². The second-order valence-electron chi connectivity index (χ2n) is 5.09. The van der Waals surface area contributed by atoms with Crippen LogP contribution < -0.4 is 10.6 Å². The van der Waals surface area contributed by atoms with Crippen LogP contribution in [0.4, 0.5) is 5.13 Å². The van der Waals surface area contributed by atoms with E-state index in [0.717, 1.165) is 18.1 Å². The lowest BCUT2D eigenvalue weighted by molar-refractivity contribution is 0.635. The molecule has 1 atom stereocenters. The van der Waals surface area contributed by atoms with E-state index in [9.17, 15) is 0 Å². The van der Waals surface area contributed by atoms with Gasteiger partial charge in [-0.3, -0.25) is 0 Å². The Morgan fingerprint density at radius 1 is 1.35 bits per heavy atom. The maximum absolute atomic E-state index is 5.81. The Morgan fingerprint density at radius 2 is 2.00 bits per heavy atom. The maximum Gasteiger partial charge on any atom is 0.185 e. The Morgan fingerprint density at radius 3 is 2.47 bits per heavy atom. The quantitative estimate of drug-likeness (QED) is 0.848. The minimum absolute atomic E-state index is 0.506. The average Bonchev–Trinajstić information content (AvgIpc) is 2.71. The van der Waals surface area contributed by atoms with Crippen molar-refractivity contribution in [3.05, 3.63) is 10.6 Å². The van der Waals surface area contributed by atoms with Gasteiger partial charge in [-0.25, -0.2) is 4.98 Å². The molecule has 4 heteroatoms. The van der Waals surface area contributed by atoms with E-state index in [1.165, 1.54) is 10.6 Å². The summed E-state index contributed by atoms with van der Waals surface area (Å²) in [7, 11) is 2.11. The molecular weight excluding hydrogens is 230 g/mol. The molecule has 1 rings (SSSR count). The van der Waals surface area contributed by atoms with Crippen molar-refractivity contribution >= 4 is 16.5 Å². The Balaban J connectivity index is 2.91. The molecule has 1 aromatic heterocycles. The first-order valence-corrected chi connectivity index (χ1v) is 7.22. The van der Waals surface area contributed by atoms with Gasteiger partial charge in [-0.15, -0.1) is 11.3 Å². The van der Waals surface area contributed by atoms with Crippen LogP contribution in [0.5, 0.6) is 0 Å². The normalized spacial score (nSPS) is 13.1. The number of aromatic nitrogens is 1. The Labute approximate surface area is 109 Å². The molecule has 98 valence electrons. The number of nitrogens with zero attached hydrogens (tertiary/aromatic N) is 2. The molecule has 1 heterocycles. The van der Waals surface area contributed by atoms with Crippen LogP contribution in [0.15, 0.2) is 0 Å². The molecule has 1 unspecified atom stereocenters. The highest BCUT2D eigenvalue weighted by molar-refractivity contribution is 7.15. The van der Waals surface area contributed by atoms with Crippen molar-refractivity contribution in [2.75, 3.05) is 18.5 Å². The first-order valence-electron chi connectivity index (χ1n) is 6.40. The number of nitrogens with two attached hydrogens (primary N) is 1. The van der Waals surface area contributed by atoms with Crippen LogP contribution >= 0.6 is 11.3 Å². The van der Waals surface area contributed by atoms with Crippen LogP contribution in [-0.2, 0) is 6.54 Å². The fourth-order valence-electron chi connectivity index (χ4n) is 1.86. The molecule has 2 N–H and O–H groups in total. The molecule has 0 spiro atoms. The average molecular weight is 255 g/mol. The van der Waals surface area contributed by atoms with Crippen molar-refractivity contribution in [1.82, 2.24) is 4.98 Å². The highest BCUT2D eigenvalue weighted by atomic mass is 32.1. The largest absolute Gasteiger partial charge is 0.351 e. The van der Waals surface area contributed by atoms with Crippen LogP contribution in [0.1, 0.15) is 50.6 Å². The Bertz CT molecular complexity index is 346. The number of thiazole rings is 1.